The smallest absolute Gasteiger partial charge is 0.316 e. The third kappa shape index (κ3) is 4.30. The van der Waals surface area contributed by atoms with E-state index >= 15 is 0 Å². The first-order valence-corrected chi connectivity index (χ1v) is 6.74. The zero-order valence-electron chi connectivity index (χ0n) is 10.2. The molecule has 5 heteroatoms. The van der Waals surface area contributed by atoms with E-state index in [2.05, 4.69) is 4.98 Å². The number of carbonyl (C=O) groups is 2. The summed E-state index contributed by atoms with van der Waals surface area (Å²) in [6.07, 6.45) is 1.65. The average molecular weight is 275 g/mol. The van der Waals surface area contributed by atoms with Crippen LogP contribution in [0.2, 0.25) is 0 Å². The van der Waals surface area contributed by atoms with Crippen molar-refractivity contribution in [1.29, 1.82) is 0 Å². The summed E-state index contributed by atoms with van der Waals surface area (Å²) in [6.45, 7) is -0.227. The van der Waals surface area contributed by atoms with Gasteiger partial charge in [-0.3, -0.25) is 9.59 Å². The van der Waals surface area contributed by atoms with Crippen LogP contribution < -0.4 is 0 Å². The first-order chi connectivity index (χ1) is 9.25. The van der Waals surface area contributed by atoms with E-state index in [4.69, 9.17) is 4.74 Å². The van der Waals surface area contributed by atoms with E-state index in [9.17, 15) is 9.59 Å². The number of rotatable bonds is 6. The number of hydrogen-bond donors (Lipinski definition) is 1. The molecule has 0 aliphatic carbocycles. The van der Waals surface area contributed by atoms with Gasteiger partial charge in [0.05, 0.1) is 11.4 Å². The van der Waals surface area contributed by atoms with Crippen LogP contribution in [0.3, 0.4) is 0 Å². The van der Waals surface area contributed by atoms with Gasteiger partial charge < -0.3 is 9.72 Å². The first kappa shape index (κ1) is 13.4. The van der Waals surface area contributed by atoms with Crippen LogP contribution in [0.15, 0.2) is 53.6 Å². The maximum Gasteiger partial charge on any atom is 0.316 e. The third-order valence-corrected chi connectivity index (χ3v) is 3.35. The van der Waals surface area contributed by atoms with E-state index in [1.54, 1.807) is 18.3 Å². The minimum atomic E-state index is -0.395. The predicted octanol–water partition coefficient (Wildman–Crippen LogP) is 2.53. The molecule has 0 saturated carbocycles. The largest absolute Gasteiger partial charge is 0.457 e. The summed E-state index contributed by atoms with van der Waals surface area (Å²) in [5.41, 5.74) is 0.448. The van der Waals surface area contributed by atoms with E-state index in [0.29, 0.717) is 5.69 Å². The van der Waals surface area contributed by atoms with Crippen molar-refractivity contribution in [2.75, 3.05) is 12.4 Å². The minimum Gasteiger partial charge on any atom is -0.457 e. The lowest BCUT2D eigenvalue weighted by Gasteiger charge is -2.03. The highest BCUT2D eigenvalue weighted by molar-refractivity contribution is 8.00. The lowest BCUT2D eigenvalue weighted by molar-refractivity contribution is -0.139. The fourth-order valence-corrected chi connectivity index (χ4v) is 2.15. The van der Waals surface area contributed by atoms with Crippen molar-refractivity contribution in [2.24, 2.45) is 0 Å². The summed E-state index contributed by atoms with van der Waals surface area (Å²) < 4.78 is 4.92. The summed E-state index contributed by atoms with van der Waals surface area (Å²) in [7, 11) is 0. The fraction of sp³-hybridized carbons (Fsp3) is 0.143. The number of thioether (sulfide) groups is 1. The highest BCUT2D eigenvalue weighted by atomic mass is 32.2. The summed E-state index contributed by atoms with van der Waals surface area (Å²) >= 11 is 1.38. The van der Waals surface area contributed by atoms with Crippen LogP contribution in [0, 0.1) is 0 Å². The highest BCUT2D eigenvalue weighted by Gasteiger charge is 2.10. The first-order valence-electron chi connectivity index (χ1n) is 5.76. The molecule has 19 heavy (non-hydrogen) atoms. The Balaban J connectivity index is 1.72. The summed E-state index contributed by atoms with van der Waals surface area (Å²) in [6, 6.07) is 12.9. The molecule has 0 radical (unpaired) electrons. The Hall–Kier alpha value is -2.01. The van der Waals surface area contributed by atoms with Crippen molar-refractivity contribution in [1.82, 2.24) is 4.98 Å². The van der Waals surface area contributed by atoms with Gasteiger partial charge in [-0.1, -0.05) is 18.2 Å². The molecule has 4 nitrogen and oxygen atoms in total. The van der Waals surface area contributed by atoms with Gasteiger partial charge in [-0.2, -0.15) is 0 Å². The summed E-state index contributed by atoms with van der Waals surface area (Å²) in [4.78, 5) is 26.8. The number of esters is 1. The van der Waals surface area contributed by atoms with Crippen LogP contribution in [0.1, 0.15) is 10.5 Å². The quantitative estimate of drug-likeness (QED) is 0.500. The Morgan fingerprint density at radius 2 is 1.89 bits per heavy atom. The van der Waals surface area contributed by atoms with E-state index in [1.165, 1.54) is 11.8 Å². The highest BCUT2D eigenvalue weighted by Crippen LogP contribution is 2.16. The number of benzene rings is 1. The molecule has 0 amide bonds. The molecular formula is C14H13NO3S. The lowest BCUT2D eigenvalue weighted by Crippen LogP contribution is -2.15. The van der Waals surface area contributed by atoms with Gasteiger partial charge in [0.2, 0.25) is 5.78 Å². The minimum absolute atomic E-state index is 0.196. The van der Waals surface area contributed by atoms with Crippen LogP contribution in [0.25, 0.3) is 0 Å². The zero-order chi connectivity index (χ0) is 13.5. The fourth-order valence-electron chi connectivity index (χ4n) is 1.43. The molecule has 0 saturated heterocycles. The zero-order valence-corrected chi connectivity index (χ0v) is 11.0. The molecule has 98 valence electrons. The third-order valence-electron chi connectivity index (χ3n) is 2.36. The Kier molecular flexibility index (Phi) is 4.80. The maximum atomic E-state index is 11.6. The molecule has 0 unspecified atom stereocenters. The number of H-pyrrole nitrogens is 1. The van der Waals surface area contributed by atoms with Gasteiger partial charge in [-0.05, 0) is 24.3 Å². The second kappa shape index (κ2) is 6.80. The van der Waals surface area contributed by atoms with E-state index in [1.807, 2.05) is 30.3 Å². The van der Waals surface area contributed by atoms with Gasteiger partial charge in [0, 0.05) is 11.1 Å². The Labute approximate surface area is 115 Å². The number of carbonyl (C=O) groups excluding carboxylic acids is 2. The SMILES string of the molecule is O=C(CSc1ccccc1)OCC(=O)c1ccc[nH]1. The van der Waals surface area contributed by atoms with Gasteiger partial charge in [-0.15, -0.1) is 11.8 Å². The van der Waals surface area contributed by atoms with Crippen molar-refractivity contribution in [3.05, 3.63) is 54.4 Å². The van der Waals surface area contributed by atoms with Crippen LogP contribution >= 0.6 is 11.8 Å². The Morgan fingerprint density at radius 1 is 1.11 bits per heavy atom. The monoisotopic (exact) mass is 275 g/mol. The number of Topliss-reactive ketones (excluding diaryl/α,β-unsaturated/α-hetero) is 1. The Bertz CT molecular complexity index is 537. The van der Waals surface area contributed by atoms with Crippen molar-refractivity contribution >= 4 is 23.5 Å². The van der Waals surface area contributed by atoms with Crippen molar-refractivity contribution in [3.63, 3.8) is 0 Å². The molecule has 0 atom stereocenters. The molecule has 0 aliphatic heterocycles. The van der Waals surface area contributed by atoms with E-state index < -0.39 is 5.97 Å². The topological polar surface area (TPSA) is 59.2 Å². The van der Waals surface area contributed by atoms with Crippen molar-refractivity contribution in [2.45, 2.75) is 4.90 Å². The lowest BCUT2D eigenvalue weighted by atomic mass is 10.3. The van der Waals surface area contributed by atoms with Gasteiger partial charge in [-0.25, -0.2) is 0 Å². The molecular weight excluding hydrogens is 262 g/mol. The number of aromatic nitrogens is 1. The molecule has 0 fully saturated rings. The molecule has 0 spiro atoms. The Morgan fingerprint density at radius 3 is 2.58 bits per heavy atom. The summed E-state index contributed by atoms with van der Waals surface area (Å²) in [5, 5.41) is 0. The molecule has 0 aliphatic rings. The standard InChI is InChI=1S/C14H13NO3S/c16-13(12-7-4-8-15-12)9-18-14(17)10-19-11-5-2-1-3-6-11/h1-8,15H,9-10H2. The van der Waals surface area contributed by atoms with E-state index in [-0.39, 0.29) is 18.1 Å². The van der Waals surface area contributed by atoms with Crippen LogP contribution in [0.4, 0.5) is 0 Å². The van der Waals surface area contributed by atoms with Gasteiger partial charge in [0.15, 0.2) is 6.61 Å². The molecule has 2 aromatic rings. The van der Waals surface area contributed by atoms with Crippen molar-refractivity contribution < 1.29 is 14.3 Å². The molecule has 2 rings (SSSR count). The predicted molar refractivity (Wildman–Crippen MR) is 73.2 cm³/mol. The van der Waals surface area contributed by atoms with Gasteiger partial charge >= 0.3 is 5.97 Å². The molecule has 1 aromatic carbocycles. The van der Waals surface area contributed by atoms with Crippen LogP contribution in [0.5, 0.6) is 0 Å². The number of hydrogen-bond acceptors (Lipinski definition) is 4. The number of ketones is 1. The second-order valence-corrected chi connectivity index (χ2v) is 4.82. The average Bonchev–Trinajstić information content (AvgIpc) is 2.98. The second-order valence-electron chi connectivity index (χ2n) is 3.77. The number of nitrogens with one attached hydrogen (secondary N) is 1. The van der Waals surface area contributed by atoms with Crippen LogP contribution in [-0.4, -0.2) is 29.1 Å². The summed E-state index contributed by atoms with van der Waals surface area (Å²) in [5.74, 6) is -0.431. The van der Waals surface area contributed by atoms with Crippen LogP contribution in [-0.2, 0) is 9.53 Å². The number of ether oxygens (including phenoxy) is 1. The van der Waals surface area contributed by atoms with Crippen molar-refractivity contribution in [3.8, 4) is 0 Å². The molecule has 1 heterocycles. The maximum absolute atomic E-state index is 11.6. The van der Waals surface area contributed by atoms with Gasteiger partial charge in [0.25, 0.3) is 0 Å². The normalized spacial score (nSPS) is 10.1. The number of aromatic amines is 1. The molecule has 0 bridgehead atoms. The molecule has 1 aromatic heterocycles. The molecule has 1 N–H and O–H groups in total. The van der Waals surface area contributed by atoms with Gasteiger partial charge in [0.1, 0.15) is 0 Å². The van der Waals surface area contributed by atoms with E-state index in [0.717, 1.165) is 4.90 Å².